The number of nitrogens with two attached hydrogens (primary N) is 2. The molecule has 12 nitrogen and oxygen atoms in total. The van der Waals surface area contributed by atoms with Gasteiger partial charge in [-0.05, 0) is 71.1 Å². The van der Waals surface area contributed by atoms with Crippen LogP contribution in [-0.2, 0) is 27.4 Å². The fraction of sp³-hybridized carbons (Fsp3) is 0.400. The van der Waals surface area contributed by atoms with Crippen molar-refractivity contribution in [3.8, 4) is 5.75 Å². The molecule has 0 radical (unpaired) electrons. The Labute approximate surface area is 258 Å². The molecule has 4 aromatic heterocycles. The SMILES string of the molecule is CC(C)(C)OC(=O)C(C)(C)Oc1cc(C2CC2)cn2cc(CN(N)/C=C(\N)C(=O)NCc3ncn4ccc(Cl)c(F)c34)nc12. The zero-order valence-corrected chi connectivity index (χ0v) is 26.0. The van der Waals surface area contributed by atoms with Gasteiger partial charge in [-0.1, -0.05) is 11.6 Å². The first-order chi connectivity index (χ1) is 20.6. The molecule has 0 spiro atoms. The molecule has 14 heteroatoms. The van der Waals surface area contributed by atoms with Crippen molar-refractivity contribution in [1.82, 2.24) is 29.1 Å². The Hall–Kier alpha value is -4.36. The molecule has 1 amide bonds. The van der Waals surface area contributed by atoms with Crippen molar-refractivity contribution in [2.75, 3.05) is 0 Å². The number of hydrogen-bond donors (Lipinski definition) is 3. The maximum atomic E-state index is 14.5. The Balaban J connectivity index is 1.29. The number of nitrogens with zero attached hydrogens (tertiary/aromatic N) is 5. The highest BCUT2D eigenvalue weighted by Gasteiger charge is 2.36. The number of ether oxygens (including phenoxy) is 2. The van der Waals surface area contributed by atoms with Gasteiger partial charge in [0.15, 0.2) is 22.8 Å². The average Bonchev–Trinajstić information content (AvgIpc) is 3.57. The summed E-state index contributed by atoms with van der Waals surface area (Å²) >= 11 is 5.89. The van der Waals surface area contributed by atoms with Gasteiger partial charge in [0.05, 0.1) is 35.8 Å². The average molecular weight is 627 g/mol. The molecule has 4 heterocycles. The second-order valence-electron chi connectivity index (χ2n) is 12.4. The Morgan fingerprint density at radius 1 is 1.23 bits per heavy atom. The third kappa shape index (κ3) is 6.89. The minimum Gasteiger partial charge on any atom is -0.472 e. The van der Waals surface area contributed by atoms with Crippen molar-refractivity contribution in [3.05, 3.63) is 76.7 Å². The number of esters is 1. The minimum absolute atomic E-state index is 0.0510. The molecule has 0 unspecified atom stereocenters. The number of nitrogens with one attached hydrogen (secondary N) is 1. The van der Waals surface area contributed by atoms with Crippen molar-refractivity contribution < 1.29 is 23.5 Å². The summed E-state index contributed by atoms with van der Waals surface area (Å²) in [5.74, 6) is 5.29. The maximum Gasteiger partial charge on any atom is 0.350 e. The monoisotopic (exact) mass is 626 g/mol. The molecule has 0 saturated heterocycles. The Morgan fingerprint density at radius 3 is 2.64 bits per heavy atom. The van der Waals surface area contributed by atoms with E-state index in [2.05, 4.69) is 10.3 Å². The van der Waals surface area contributed by atoms with E-state index in [1.807, 2.05) is 22.9 Å². The van der Waals surface area contributed by atoms with Crippen LogP contribution in [0.5, 0.6) is 5.75 Å². The van der Waals surface area contributed by atoms with Crippen LogP contribution in [0, 0.1) is 5.82 Å². The zero-order valence-electron chi connectivity index (χ0n) is 25.2. The smallest absolute Gasteiger partial charge is 0.350 e. The highest BCUT2D eigenvalue weighted by Crippen LogP contribution is 2.42. The Morgan fingerprint density at radius 2 is 1.95 bits per heavy atom. The molecular weight excluding hydrogens is 591 g/mol. The van der Waals surface area contributed by atoms with E-state index in [0.29, 0.717) is 28.7 Å². The number of carbonyl (C=O) groups is 2. The van der Waals surface area contributed by atoms with Crippen LogP contribution in [0.25, 0.3) is 11.2 Å². The molecule has 0 bridgehead atoms. The quantitative estimate of drug-likeness (QED) is 0.103. The Kier molecular flexibility index (Phi) is 8.21. The summed E-state index contributed by atoms with van der Waals surface area (Å²) in [4.78, 5) is 34.4. The highest BCUT2D eigenvalue weighted by atomic mass is 35.5. The van der Waals surface area contributed by atoms with E-state index in [0.717, 1.165) is 18.4 Å². The molecule has 0 aliphatic heterocycles. The third-order valence-corrected chi connectivity index (χ3v) is 7.18. The number of carbonyl (C=O) groups excluding carboxylic acids is 2. The summed E-state index contributed by atoms with van der Waals surface area (Å²) in [6.07, 6.45) is 10.2. The van der Waals surface area contributed by atoms with Crippen LogP contribution < -0.4 is 21.6 Å². The molecule has 1 aliphatic rings. The number of hydrazine groups is 1. The molecule has 1 fully saturated rings. The molecule has 4 aromatic rings. The first-order valence-corrected chi connectivity index (χ1v) is 14.5. The molecule has 5 N–H and O–H groups in total. The molecule has 44 heavy (non-hydrogen) atoms. The predicted molar refractivity (Wildman–Crippen MR) is 162 cm³/mol. The predicted octanol–water partition coefficient (Wildman–Crippen LogP) is 3.94. The van der Waals surface area contributed by atoms with Crippen LogP contribution in [0.15, 0.2) is 48.9 Å². The van der Waals surface area contributed by atoms with Crippen molar-refractivity contribution in [3.63, 3.8) is 0 Å². The third-order valence-electron chi connectivity index (χ3n) is 6.89. The van der Waals surface area contributed by atoms with Gasteiger partial charge in [0.25, 0.3) is 5.91 Å². The van der Waals surface area contributed by atoms with Crippen LogP contribution in [-0.4, -0.2) is 46.9 Å². The number of fused-ring (bicyclic) bond motifs is 2. The van der Waals surface area contributed by atoms with Gasteiger partial charge < -0.3 is 34.3 Å². The van der Waals surface area contributed by atoms with Gasteiger partial charge in [-0.2, -0.15) is 0 Å². The molecule has 234 valence electrons. The van der Waals surface area contributed by atoms with E-state index in [9.17, 15) is 14.0 Å². The van der Waals surface area contributed by atoms with E-state index in [1.54, 1.807) is 40.8 Å². The Bertz CT molecular complexity index is 1770. The fourth-order valence-electron chi connectivity index (χ4n) is 4.60. The van der Waals surface area contributed by atoms with E-state index < -0.39 is 28.9 Å². The van der Waals surface area contributed by atoms with Crippen LogP contribution in [0.3, 0.4) is 0 Å². The standard InChI is InChI=1S/C30H36ClFN8O4/c1-29(2,3)44-28(42)30(4,5)43-23-10-18(17-6-7-17)12-39-13-19(37-26(23)39)14-40(34)15-21(33)27(41)35-11-22-25-24(32)20(31)8-9-38(25)16-36-22/h8-10,12-13,15-17H,6-7,11,14,33-34H2,1-5H3,(H,35,41)/b21-15-. The van der Waals surface area contributed by atoms with Crippen molar-refractivity contribution in [2.45, 2.75) is 77.7 Å². The first kappa shape index (κ1) is 31.1. The number of pyridine rings is 2. The zero-order chi connectivity index (χ0) is 32.0. The lowest BCUT2D eigenvalue weighted by atomic mass is 10.1. The van der Waals surface area contributed by atoms with Crippen molar-refractivity contribution in [1.29, 1.82) is 0 Å². The van der Waals surface area contributed by atoms with Crippen LogP contribution >= 0.6 is 11.6 Å². The molecule has 0 aromatic carbocycles. The van der Waals surface area contributed by atoms with Crippen LogP contribution in [0.2, 0.25) is 5.02 Å². The van der Waals surface area contributed by atoms with E-state index in [4.69, 9.17) is 37.6 Å². The van der Waals surface area contributed by atoms with Gasteiger partial charge in [0.2, 0.25) is 0 Å². The summed E-state index contributed by atoms with van der Waals surface area (Å²) in [7, 11) is 0. The summed E-state index contributed by atoms with van der Waals surface area (Å²) < 4.78 is 29.6. The van der Waals surface area contributed by atoms with Gasteiger partial charge in [0.1, 0.15) is 16.8 Å². The molecule has 0 atom stereocenters. The second kappa shape index (κ2) is 11.6. The lowest BCUT2D eigenvalue weighted by Crippen LogP contribution is -2.43. The van der Waals surface area contributed by atoms with E-state index in [1.165, 1.54) is 28.0 Å². The topological polar surface area (TPSA) is 155 Å². The minimum atomic E-state index is -1.27. The van der Waals surface area contributed by atoms with Gasteiger partial charge in [-0.3, -0.25) is 4.79 Å². The summed E-state index contributed by atoms with van der Waals surface area (Å²) in [6, 6.07) is 3.33. The van der Waals surface area contributed by atoms with E-state index in [-0.39, 0.29) is 29.3 Å². The van der Waals surface area contributed by atoms with Crippen LogP contribution in [0.4, 0.5) is 4.39 Å². The number of rotatable bonds is 10. The summed E-state index contributed by atoms with van der Waals surface area (Å²) in [6.45, 7) is 8.75. The fourth-order valence-corrected chi connectivity index (χ4v) is 4.74. The normalized spacial score (nSPS) is 14.2. The largest absolute Gasteiger partial charge is 0.472 e. The van der Waals surface area contributed by atoms with E-state index >= 15 is 0 Å². The number of aromatic nitrogens is 4. The number of imidazole rings is 2. The summed E-state index contributed by atoms with van der Waals surface area (Å²) in [5, 5.41) is 3.80. The van der Waals surface area contributed by atoms with Gasteiger partial charge in [-0.25, -0.2) is 25.0 Å². The molecular formula is C30H36ClFN8O4. The lowest BCUT2D eigenvalue weighted by Gasteiger charge is -2.29. The van der Waals surface area contributed by atoms with Crippen molar-refractivity contribution in [2.24, 2.45) is 11.6 Å². The number of amides is 1. The molecule has 1 saturated carbocycles. The molecule has 5 rings (SSSR count). The highest BCUT2D eigenvalue weighted by molar-refractivity contribution is 6.31. The maximum absolute atomic E-state index is 14.5. The lowest BCUT2D eigenvalue weighted by molar-refractivity contribution is -0.170. The van der Waals surface area contributed by atoms with Crippen molar-refractivity contribution >= 4 is 34.6 Å². The second-order valence-corrected chi connectivity index (χ2v) is 12.8. The molecule has 1 aliphatic carbocycles. The van der Waals surface area contributed by atoms with Gasteiger partial charge in [0, 0.05) is 24.8 Å². The summed E-state index contributed by atoms with van der Waals surface area (Å²) in [5.41, 5.74) is 6.50. The number of halogens is 2. The van der Waals surface area contributed by atoms with Gasteiger partial charge in [-0.15, -0.1) is 0 Å². The van der Waals surface area contributed by atoms with Gasteiger partial charge >= 0.3 is 5.97 Å². The number of hydrogen-bond acceptors (Lipinski definition) is 9. The first-order valence-electron chi connectivity index (χ1n) is 14.1. The van der Waals surface area contributed by atoms with Crippen LogP contribution in [0.1, 0.15) is 70.3 Å².